The summed E-state index contributed by atoms with van der Waals surface area (Å²) in [5, 5.41) is 11.9. The first kappa shape index (κ1) is 21.5. The molecule has 0 spiro atoms. The van der Waals surface area contributed by atoms with Gasteiger partial charge in [0.25, 0.3) is 5.91 Å². The van der Waals surface area contributed by atoms with Gasteiger partial charge >= 0.3 is 12.1 Å². The smallest absolute Gasteiger partial charge is 0.407 e. The van der Waals surface area contributed by atoms with E-state index in [1.807, 2.05) is 24.3 Å². The monoisotopic (exact) mass is 450 g/mol. The minimum atomic E-state index is -0.985. The molecule has 3 atom stereocenters. The number of rotatable bonds is 6. The Morgan fingerprint density at radius 2 is 1.67 bits per heavy atom. The van der Waals surface area contributed by atoms with Crippen molar-refractivity contribution in [2.24, 2.45) is 0 Å². The van der Waals surface area contributed by atoms with Gasteiger partial charge in [0.1, 0.15) is 18.8 Å². The molecule has 0 bridgehead atoms. The Morgan fingerprint density at radius 1 is 1.00 bits per heavy atom. The van der Waals surface area contributed by atoms with Gasteiger partial charge in [0, 0.05) is 19.0 Å². The van der Waals surface area contributed by atoms with Crippen LogP contribution in [0.25, 0.3) is 11.1 Å². The van der Waals surface area contributed by atoms with E-state index in [-0.39, 0.29) is 31.1 Å². The minimum absolute atomic E-state index is 0.00779. The number of aliphatic carboxylic acids is 1. The van der Waals surface area contributed by atoms with E-state index in [0.717, 1.165) is 11.1 Å². The quantitative estimate of drug-likeness (QED) is 0.701. The SMILES string of the molecule is O=C(NCC1CCC(C(=O)N2CCC2C(=O)O)O1)OCC1c2ccccc2-c2ccccc21. The third kappa shape index (κ3) is 4.06. The summed E-state index contributed by atoms with van der Waals surface area (Å²) in [5.74, 6) is -1.27. The maximum Gasteiger partial charge on any atom is 0.407 e. The zero-order valence-electron chi connectivity index (χ0n) is 18.1. The molecule has 1 aliphatic carbocycles. The fraction of sp³-hybridized carbons (Fsp3) is 0.400. The van der Waals surface area contributed by atoms with Crippen LogP contribution in [-0.4, -0.2) is 65.9 Å². The van der Waals surface area contributed by atoms with Gasteiger partial charge in [0.2, 0.25) is 0 Å². The van der Waals surface area contributed by atoms with Crippen molar-refractivity contribution in [1.82, 2.24) is 10.2 Å². The van der Waals surface area contributed by atoms with Gasteiger partial charge in [-0.15, -0.1) is 0 Å². The third-order valence-electron chi connectivity index (χ3n) is 6.79. The average Bonchev–Trinajstić information content (AvgIpc) is 3.38. The van der Waals surface area contributed by atoms with Crippen molar-refractivity contribution in [2.45, 2.75) is 43.4 Å². The molecule has 172 valence electrons. The summed E-state index contributed by atoms with van der Waals surface area (Å²) in [7, 11) is 0. The number of amides is 2. The van der Waals surface area contributed by atoms with E-state index in [4.69, 9.17) is 14.6 Å². The third-order valence-corrected chi connectivity index (χ3v) is 6.79. The number of nitrogens with one attached hydrogen (secondary N) is 1. The van der Waals surface area contributed by atoms with Gasteiger partial charge in [-0.05, 0) is 41.5 Å². The molecule has 3 aliphatic rings. The molecule has 0 aromatic heterocycles. The van der Waals surface area contributed by atoms with Crippen LogP contribution in [-0.2, 0) is 19.1 Å². The van der Waals surface area contributed by atoms with E-state index in [2.05, 4.69) is 29.6 Å². The Kier molecular flexibility index (Phi) is 5.76. The Bertz CT molecular complexity index is 1040. The largest absolute Gasteiger partial charge is 0.480 e. The van der Waals surface area contributed by atoms with E-state index in [1.165, 1.54) is 16.0 Å². The molecular formula is C25H26N2O6. The number of carbonyl (C=O) groups excluding carboxylic acids is 2. The second kappa shape index (κ2) is 8.86. The number of carboxylic acids is 1. The lowest BCUT2D eigenvalue weighted by Gasteiger charge is -2.39. The Labute approximate surface area is 191 Å². The summed E-state index contributed by atoms with van der Waals surface area (Å²) in [5.41, 5.74) is 4.64. The van der Waals surface area contributed by atoms with E-state index >= 15 is 0 Å². The Balaban J connectivity index is 1.11. The van der Waals surface area contributed by atoms with Gasteiger partial charge in [-0.1, -0.05) is 48.5 Å². The number of hydrogen-bond donors (Lipinski definition) is 2. The molecule has 0 saturated carbocycles. The number of ether oxygens (including phenoxy) is 2. The first-order chi connectivity index (χ1) is 16.0. The second-order valence-corrected chi connectivity index (χ2v) is 8.70. The van der Waals surface area contributed by atoms with Crippen molar-refractivity contribution in [2.75, 3.05) is 19.7 Å². The van der Waals surface area contributed by atoms with E-state index in [1.54, 1.807) is 0 Å². The number of fused-ring (bicyclic) bond motifs is 3. The van der Waals surface area contributed by atoms with Crippen LogP contribution in [0.15, 0.2) is 48.5 Å². The van der Waals surface area contributed by atoms with Crippen molar-refractivity contribution >= 4 is 18.0 Å². The van der Waals surface area contributed by atoms with Crippen LogP contribution in [0.4, 0.5) is 4.79 Å². The lowest BCUT2D eigenvalue weighted by atomic mass is 9.98. The van der Waals surface area contributed by atoms with Crippen molar-refractivity contribution in [1.29, 1.82) is 0 Å². The van der Waals surface area contributed by atoms with Gasteiger partial charge in [-0.25, -0.2) is 9.59 Å². The molecule has 2 aliphatic heterocycles. The van der Waals surface area contributed by atoms with E-state index < -0.39 is 24.2 Å². The van der Waals surface area contributed by atoms with Crippen molar-refractivity contribution < 1.29 is 29.0 Å². The molecular weight excluding hydrogens is 424 g/mol. The number of likely N-dealkylation sites (tertiary alicyclic amines) is 1. The normalized spacial score (nSPS) is 23.4. The highest BCUT2D eigenvalue weighted by molar-refractivity contribution is 5.88. The maximum atomic E-state index is 12.5. The molecule has 2 amide bonds. The van der Waals surface area contributed by atoms with E-state index in [0.29, 0.717) is 25.8 Å². The predicted octanol–water partition coefficient (Wildman–Crippen LogP) is 2.76. The molecule has 5 rings (SSSR count). The number of nitrogens with zero attached hydrogens (tertiary/aromatic N) is 1. The van der Waals surface area contributed by atoms with Crippen LogP contribution in [0.1, 0.15) is 36.3 Å². The molecule has 2 fully saturated rings. The molecule has 0 radical (unpaired) electrons. The molecule has 33 heavy (non-hydrogen) atoms. The molecule has 2 heterocycles. The lowest BCUT2D eigenvalue weighted by Crippen LogP contribution is -2.57. The molecule has 3 unspecified atom stereocenters. The van der Waals surface area contributed by atoms with Crippen molar-refractivity contribution in [3.8, 4) is 11.1 Å². The molecule has 2 aromatic rings. The first-order valence-corrected chi connectivity index (χ1v) is 11.3. The van der Waals surface area contributed by atoms with Crippen LogP contribution in [0.5, 0.6) is 0 Å². The molecule has 2 saturated heterocycles. The summed E-state index contributed by atoms with van der Waals surface area (Å²) >= 11 is 0. The Morgan fingerprint density at radius 3 is 2.27 bits per heavy atom. The zero-order chi connectivity index (χ0) is 22.9. The van der Waals surface area contributed by atoms with Crippen LogP contribution in [0.3, 0.4) is 0 Å². The van der Waals surface area contributed by atoms with Crippen LogP contribution >= 0.6 is 0 Å². The van der Waals surface area contributed by atoms with Gasteiger partial charge in [0.05, 0.1) is 6.10 Å². The van der Waals surface area contributed by atoms with Crippen molar-refractivity contribution in [3.63, 3.8) is 0 Å². The Hall–Kier alpha value is -3.39. The molecule has 8 heteroatoms. The lowest BCUT2D eigenvalue weighted by molar-refractivity contribution is -0.163. The summed E-state index contributed by atoms with van der Waals surface area (Å²) in [6.07, 6.45) is 0.125. The molecule has 2 N–H and O–H groups in total. The fourth-order valence-corrected chi connectivity index (χ4v) is 4.98. The highest BCUT2D eigenvalue weighted by atomic mass is 16.6. The number of benzene rings is 2. The highest BCUT2D eigenvalue weighted by Crippen LogP contribution is 2.44. The summed E-state index contributed by atoms with van der Waals surface area (Å²) < 4.78 is 11.3. The first-order valence-electron chi connectivity index (χ1n) is 11.3. The van der Waals surface area contributed by atoms with E-state index in [9.17, 15) is 14.4 Å². The summed E-state index contributed by atoms with van der Waals surface area (Å²) in [6, 6.07) is 15.6. The van der Waals surface area contributed by atoms with Gasteiger partial charge < -0.3 is 24.8 Å². The number of carboxylic acid groups (broad SMARTS) is 1. The highest BCUT2D eigenvalue weighted by Gasteiger charge is 2.42. The predicted molar refractivity (Wildman–Crippen MR) is 119 cm³/mol. The van der Waals surface area contributed by atoms with Gasteiger partial charge in [0.15, 0.2) is 0 Å². The molecule has 2 aromatic carbocycles. The number of alkyl carbamates (subject to hydrolysis) is 1. The van der Waals surface area contributed by atoms with Crippen LogP contribution < -0.4 is 5.32 Å². The topological polar surface area (TPSA) is 105 Å². The average molecular weight is 450 g/mol. The zero-order valence-corrected chi connectivity index (χ0v) is 18.1. The van der Waals surface area contributed by atoms with Gasteiger partial charge in [-0.3, -0.25) is 4.79 Å². The minimum Gasteiger partial charge on any atom is -0.480 e. The van der Waals surface area contributed by atoms with Gasteiger partial charge in [-0.2, -0.15) is 0 Å². The molecule has 8 nitrogen and oxygen atoms in total. The summed E-state index contributed by atoms with van der Waals surface area (Å²) in [6.45, 7) is 0.916. The summed E-state index contributed by atoms with van der Waals surface area (Å²) in [4.78, 5) is 37.4. The van der Waals surface area contributed by atoms with Crippen LogP contribution in [0, 0.1) is 0 Å². The van der Waals surface area contributed by atoms with Crippen molar-refractivity contribution in [3.05, 3.63) is 59.7 Å². The maximum absolute atomic E-state index is 12.5. The standard InChI is InChI=1S/C25H26N2O6/c28-23(27-12-11-21(27)24(29)30)22-10-9-15(33-22)13-26-25(31)32-14-20-18-7-3-1-5-16(18)17-6-2-4-8-19(17)20/h1-8,15,20-22H,9-14H2,(H,26,31)(H,29,30). The fourth-order valence-electron chi connectivity index (χ4n) is 4.98. The second-order valence-electron chi connectivity index (χ2n) is 8.70. The number of carbonyl (C=O) groups is 3. The number of hydrogen-bond acceptors (Lipinski definition) is 5. The van der Waals surface area contributed by atoms with Crippen LogP contribution in [0.2, 0.25) is 0 Å².